The first-order valence-corrected chi connectivity index (χ1v) is 3.83. The Morgan fingerprint density at radius 3 is 3.00 bits per heavy atom. The highest BCUT2D eigenvalue weighted by Crippen LogP contribution is 1.96. The van der Waals surface area contributed by atoms with Gasteiger partial charge in [-0.1, -0.05) is 0 Å². The van der Waals surface area contributed by atoms with Crippen molar-refractivity contribution in [2.45, 2.75) is 13.5 Å². The maximum Gasteiger partial charge on any atom is 0.143 e. The van der Waals surface area contributed by atoms with E-state index in [0.29, 0.717) is 6.54 Å². The first-order chi connectivity index (χ1) is 5.68. The molecule has 4 nitrogen and oxygen atoms in total. The third-order valence-electron chi connectivity index (χ3n) is 1.49. The van der Waals surface area contributed by atoms with Gasteiger partial charge in [-0.05, 0) is 14.0 Å². The number of nitrogens with one attached hydrogen (secondary N) is 1. The molecule has 1 heterocycles. The van der Waals surface area contributed by atoms with Gasteiger partial charge in [0.2, 0.25) is 0 Å². The number of rotatable bonds is 4. The molecule has 0 amide bonds. The SMILES string of the molecule is CC(=O)CN(C)Cc1cnc[nH]1. The summed E-state index contributed by atoms with van der Waals surface area (Å²) >= 11 is 0. The molecule has 4 heteroatoms. The largest absolute Gasteiger partial charge is 0.347 e. The number of likely N-dealkylation sites (N-methyl/N-ethyl adjacent to an activating group) is 1. The van der Waals surface area contributed by atoms with E-state index < -0.39 is 0 Å². The number of H-pyrrole nitrogens is 1. The molecule has 12 heavy (non-hydrogen) atoms. The molecule has 1 aromatic heterocycles. The lowest BCUT2D eigenvalue weighted by molar-refractivity contribution is -0.117. The molecule has 0 spiro atoms. The summed E-state index contributed by atoms with van der Waals surface area (Å²) in [6.07, 6.45) is 3.40. The van der Waals surface area contributed by atoms with Gasteiger partial charge in [0.05, 0.1) is 12.9 Å². The van der Waals surface area contributed by atoms with Crippen molar-refractivity contribution >= 4 is 5.78 Å². The maximum absolute atomic E-state index is 10.7. The van der Waals surface area contributed by atoms with Crippen molar-refractivity contribution < 1.29 is 4.79 Å². The first kappa shape index (κ1) is 8.93. The predicted molar refractivity (Wildman–Crippen MR) is 45.6 cm³/mol. The fourth-order valence-corrected chi connectivity index (χ4v) is 1.10. The van der Waals surface area contributed by atoms with Gasteiger partial charge in [0.15, 0.2) is 0 Å². The second-order valence-electron chi connectivity index (χ2n) is 2.95. The molecule has 0 unspecified atom stereocenters. The highest BCUT2D eigenvalue weighted by Gasteiger charge is 2.02. The number of nitrogens with zero attached hydrogens (tertiary/aromatic N) is 2. The van der Waals surface area contributed by atoms with Crippen LogP contribution in [0, 0.1) is 0 Å². The van der Waals surface area contributed by atoms with Crippen LogP contribution in [0.15, 0.2) is 12.5 Å². The average Bonchev–Trinajstić information content (AvgIpc) is 2.37. The number of carbonyl (C=O) groups excluding carboxylic acids is 1. The van der Waals surface area contributed by atoms with Crippen molar-refractivity contribution in [2.75, 3.05) is 13.6 Å². The smallest absolute Gasteiger partial charge is 0.143 e. The van der Waals surface area contributed by atoms with Gasteiger partial charge in [0, 0.05) is 18.4 Å². The average molecular weight is 167 g/mol. The second kappa shape index (κ2) is 4.01. The lowest BCUT2D eigenvalue weighted by Gasteiger charge is -2.12. The zero-order chi connectivity index (χ0) is 8.97. The van der Waals surface area contributed by atoms with Crippen LogP contribution in [0.25, 0.3) is 0 Å². The van der Waals surface area contributed by atoms with Crippen LogP contribution < -0.4 is 0 Å². The summed E-state index contributed by atoms with van der Waals surface area (Å²) in [5, 5.41) is 0. The quantitative estimate of drug-likeness (QED) is 0.707. The number of ketones is 1. The van der Waals surface area contributed by atoms with Crippen LogP contribution in [0.2, 0.25) is 0 Å². The highest BCUT2D eigenvalue weighted by atomic mass is 16.1. The van der Waals surface area contributed by atoms with Crippen molar-refractivity contribution in [2.24, 2.45) is 0 Å². The molecule has 0 aliphatic heterocycles. The van der Waals surface area contributed by atoms with E-state index in [9.17, 15) is 4.79 Å². The van der Waals surface area contributed by atoms with Crippen LogP contribution in [-0.2, 0) is 11.3 Å². The third kappa shape index (κ3) is 2.84. The van der Waals surface area contributed by atoms with Gasteiger partial charge in [-0.25, -0.2) is 4.98 Å². The van der Waals surface area contributed by atoms with Crippen LogP contribution in [0.1, 0.15) is 12.6 Å². The zero-order valence-corrected chi connectivity index (χ0v) is 7.37. The highest BCUT2D eigenvalue weighted by molar-refractivity contribution is 5.77. The summed E-state index contributed by atoms with van der Waals surface area (Å²) in [5.74, 6) is 0.178. The molecule has 0 radical (unpaired) electrons. The molecule has 0 saturated carbocycles. The Morgan fingerprint density at radius 1 is 1.75 bits per heavy atom. The van der Waals surface area contributed by atoms with Gasteiger partial charge in [-0.3, -0.25) is 9.69 Å². The number of hydrogen-bond acceptors (Lipinski definition) is 3. The molecular weight excluding hydrogens is 154 g/mol. The molecule has 0 saturated heterocycles. The van der Waals surface area contributed by atoms with Crippen molar-refractivity contribution in [3.63, 3.8) is 0 Å². The second-order valence-corrected chi connectivity index (χ2v) is 2.95. The molecule has 1 N–H and O–H groups in total. The van der Waals surface area contributed by atoms with Crippen molar-refractivity contribution in [1.29, 1.82) is 0 Å². The number of aromatic amines is 1. The van der Waals surface area contributed by atoms with Crippen LogP contribution in [0.3, 0.4) is 0 Å². The Morgan fingerprint density at radius 2 is 2.50 bits per heavy atom. The van der Waals surface area contributed by atoms with E-state index >= 15 is 0 Å². The Labute approximate surface area is 71.6 Å². The minimum Gasteiger partial charge on any atom is -0.347 e. The fraction of sp³-hybridized carbons (Fsp3) is 0.500. The fourth-order valence-electron chi connectivity index (χ4n) is 1.10. The predicted octanol–water partition coefficient (Wildman–Crippen LogP) is 0.430. The van der Waals surface area contributed by atoms with E-state index in [1.807, 2.05) is 11.9 Å². The summed E-state index contributed by atoms with van der Waals surface area (Å²) in [5.41, 5.74) is 1.03. The minimum absolute atomic E-state index is 0.178. The van der Waals surface area contributed by atoms with E-state index in [0.717, 1.165) is 12.2 Å². The van der Waals surface area contributed by atoms with E-state index in [1.54, 1.807) is 19.4 Å². The summed E-state index contributed by atoms with van der Waals surface area (Å²) in [6.45, 7) is 2.81. The Balaban J connectivity index is 2.36. The lowest BCUT2D eigenvalue weighted by Crippen LogP contribution is -2.23. The topological polar surface area (TPSA) is 49.0 Å². The van der Waals surface area contributed by atoms with E-state index in [4.69, 9.17) is 0 Å². The summed E-state index contributed by atoms with van der Waals surface area (Å²) in [4.78, 5) is 19.5. The van der Waals surface area contributed by atoms with E-state index in [2.05, 4.69) is 9.97 Å². The van der Waals surface area contributed by atoms with Crippen molar-refractivity contribution in [3.05, 3.63) is 18.2 Å². The molecule has 0 fully saturated rings. The molecule has 0 aliphatic rings. The summed E-state index contributed by atoms with van der Waals surface area (Å²) < 4.78 is 0. The van der Waals surface area contributed by atoms with Gasteiger partial charge in [0.25, 0.3) is 0 Å². The number of hydrogen-bond donors (Lipinski definition) is 1. The molecule has 0 bridgehead atoms. The molecular formula is C8H13N3O. The number of Topliss-reactive ketones (excluding diaryl/α,β-unsaturated/α-hetero) is 1. The van der Waals surface area contributed by atoms with Crippen molar-refractivity contribution in [1.82, 2.24) is 14.9 Å². The molecule has 1 aromatic rings. The Bertz CT molecular complexity index is 243. The van der Waals surface area contributed by atoms with Crippen LogP contribution in [-0.4, -0.2) is 34.2 Å². The molecule has 0 aliphatic carbocycles. The van der Waals surface area contributed by atoms with Crippen molar-refractivity contribution in [3.8, 4) is 0 Å². The first-order valence-electron chi connectivity index (χ1n) is 3.83. The lowest BCUT2D eigenvalue weighted by atomic mass is 10.4. The zero-order valence-electron chi connectivity index (χ0n) is 7.37. The standard InChI is InChI=1S/C8H13N3O/c1-7(12)4-11(2)5-8-3-9-6-10-8/h3,6H,4-5H2,1-2H3,(H,9,10). The van der Waals surface area contributed by atoms with Crippen LogP contribution in [0.5, 0.6) is 0 Å². The monoisotopic (exact) mass is 167 g/mol. The van der Waals surface area contributed by atoms with Gasteiger partial charge >= 0.3 is 0 Å². The third-order valence-corrected chi connectivity index (χ3v) is 1.49. The van der Waals surface area contributed by atoms with Gasteiger partial charge in [0.1, 0.15) is 5.78 Å². The van der Waals surface area contributed by atoms with E-state index in [1.165, 1.54) is 0 Å². The van der Waals surface area contributed by atoms with Gasteiger partial charge in [-0.15, -0.1) is 0 Å². The molecule has 66 valence electrons. The maximum atomic E-state index is 10.7. The van der Waals surface area contributed by atoms with E-state index in [-0.39, 0.29) is 5.78 Å². The van der Waals surface area contributed by atoms with Gasteiger partial charge < -0.3 is 4.98 Å². The van der Waals surface area contributed by atoms with Crippen LogP contribution in [0.4, 0.5) is 0 Å². The minimum atomic E-state index is 0.178. The Kier molecular flexibility index (Phi) is 2.99. The Hall–Kier alpha value is -1.16. The molecule has 0 aromatic carbocycles. The molecule has 1 rings (SSSR count). The number of imidazole rings is 1. The van der Waals surface area contributed by atoms with Gasteiger partial charge in [-0.2, -0.15) is 0 Å². The normalized spacial score (nSPS) is 10.6. The summed E-state index contributed by atoms with van der Waals surface area (Å²) in [6, 6.07) is 0. The molecule has 0 atom stereocenters. The number of carbonyl (C=O) groups is 1. The number of aromatic nitrogens is 2. The van der Waals surface area contributed by atoms with Crippen LogP contribution >= 0.6 is 0 Å². The summed E-state index contributed by atoms with van der Waals surface area (Å²) in [7, 11) is 1.90.